The largest absolute Gasteiger partial charge is 0.376 e. The number of hydrogen-bond donors (Lipinski definition) is 2. The summed E-state index contributed by atoms with van der Waals surface area (Å²) in [4.78, 5) is 11.8. The Bertz CT molecular complexity index is 419. The number of carbonyl (C=O) groups excluding carboxylic acids is 1. The average molecular weight is 264 g/mol. The maximum Gasteiger partial charge on any atom is 0.224 e. The lowest BCUT2D eigenvalue weighted by Crippen LogP contribution is -2.36. The van der Waals surface area contributed by atoms with Crippen molar-refractivity contribution in [2.24, 2.45) is 5.73 Å². The van der Waals surface area contributed by atoms with Crippen molar-refractivity contribution in [3.8, 4) is 0 Å². The molecule has 1 fully saturated rings. The van der Waals surface area contributed by atoms with Crippen molar-refractivity contribution in [1.82, 2.24) is 0 Å². The van der Waals surface area contributed by atoms with Gasteiger partial charge in [0.25, 0.3) is 0 Å². The summed E-state index contributed by atoms with van der Waals surface area (Å²) in [5.74, 6) is -0.00522. The van der Waals surface area contributed by atoms with Crippen molar-refractivity contribution in [2.45, 2.75) is 25.5 Å². The summed E-state index contributed by atoms with van der Waals surface area (Å²) in [7, 11) is 0. The highest BCUT2D eigenvalue weighted by Crippen LogP contribution is 2.14. The summed E-state index contributed by atoms with van der Waals surface area (Å²) in [5.41, 5.74) is 7.36. The summed E-state index contributed by atoms with van der Waals surface area (Å²) in [6.45, 7) is 2.37. The van der Waals surface area contributed by atoms with E-state index in [0.717, 1.165) is 11.3 Å². The third kappa shape index (κ3) is 4.31. The van der Waals surface area contributed by atoms with Crippen LogP contribution in [0.4, 0.5) is 5.69 Å². The number of ether oxygens (including phenoxy) is 2. The highest BCUT2D eigenvalue weighted by atomic mass is 16.6. The van der Waals surface area contributed by atoms with Gasteiger partial charge in [-0.1, -0.05) is 18.2 Å². The van der Waals surface area contributed by atoms with Crippen molar-refractivity contribution < 1.29 is 14.3 Å². The molecule has 1 aromatic rings. The molecular weight excluding hydrogens is 244 g/mol. The maximum absolute atomic E-state index is 11.8. The summed E-state index contributed by atoms with van der Waals surface area (Å²) in [5, 5.41) is 2.88. The van der Waals surface area contributed by atoms with Crippen LogP contribution >= 0.6 is 0 Å². The number of para-hydroxylation sites is 1. The number of anilines is 1. The van der Waals surface area contributed by atoms with Gasteiger partial charge >= 0.3 is 0 Å². The van der Waals surface area contributed by atoms with Crippen LogP contribution in [0.5, 0.6) is 0 Å². The Morgan fingerprint density at radius 2 is 2.21 bits per heavy atom. The fourth-order valence-corrected chi connectivity index (χ4v) is 1.83. The van der Waals surface area contributed by atoms with E-state index in [1.165, 1.54) is 0 Å². The van der Waals surface area contributed by atoms with E-state index in [1.807, 2.05) is 24.3 Å². The Hall–Kier alpha value is -1.43. The first kappa shape index (κ1) is 14.0. The molecular formula is C14H20N2O3. The molecule has 0 spiro atoms. The number of rotatable bonds is 7. The van der Waals surface area contributed by atoms with Crippen molar-refractivity contribution in [3.63, 3.8) is 0 Å². The van der Waals surface area contributed by atoms with Crippen LogP contribution in [0.2, 0.25) is 0 Å². The molecule has 1 heterocycles. The molecule has 0 unspecified atom stereocenters. The molecule has 104 valence electrons. The smallest absolute Gasteiger partial charge is 0.224 e. The summed E-state index contributed by atoms with van der Waals surface area (Å²) >= 11 is 0. The normalized spacial score (nSPS) is 15.0. The van der Waals surface area contributed by atoms with E-state index < -0.39 is 0 Å². The molecule has 19 heavy (non-hydrogen) atoms. The molecule has 1 aliphatic rings. The van der Waals surface area contributed by atoms with Gasteiger partial charge in [0.15, 0.2) is 0 Å². The van der Waals surface area contributed by atoms with Gasteiger partial charge in [-0.2, -0.15) is 0 Å². The van der Waals surface area contributed by atoms with Crippen molar-refractivity contribution in [3.05, 3.63) is 29.8 Å². The predicted octanol–water partition coefficient (Wildman–Crippen LogP) is 1.28. The Kier molecular flexibility index (Phi) is 5.32. The molecule has 0 atom stereocenters. The summed E-state index contributed by atoms with van der Waals surface area (Å²) < 4.78 is 10.5. The Labute approximate surface area is 113 Å². The molecule has 0 saturated carbocycles. The lowest BCUT2D eigenvalue weighted by molar-refractivity contribution is -0.131. The molecule has 5 nitrogen and oxygen atoms in total. The van der Waals surface area contributed by atoms with Gasteiger partial charge in [0, 0.05) is 25.3 Å². The van der Waals surface area contributed by atoms with E-state index in [4.69, 9.17) is 15.2 Å². The number of hydrogen-bond acceptors (Lipinski definition) is 4. The van der Waals surface area contributed by atoms with Gasteiger partial charge in [-0.25, -0.2) is 0 Å². The van der Waals surface area contributed by atoms with Crippen LogP contribution in [0, 0.1) is 0 Å². The van der Waals surface area contributed by atoms with Gasteiger partial charge in [-0.05, 0) is 18.1 Å². The van der Waals surface area contributed by atoms with Crippen molar-refractivity contribution in [2.75, 3.05) is 25.1 Å². The van der Waals surface area contributed by atoms with Crippen LogP contribution in [0.15, 0.2) is 24.3 Å². The number of carbonyl (C=O) groups is 1. The molecule has 0 aromatic heterocycles. The van der Waals surface area contributed by atoms with Gasteiger partial charge in [-0.15, -0.1) is 0 Å². The summed E-state index contributed by atoms with van der Waals surface area (Å²) in [6.07, 6.45) is 1.39. The SMILES string of the molecule is NCc1ccccc1NC(=O)CCCOC1COC1. The first-order chi connectivity index (χ1) is 9.29. The zero-order valence-electron chi connectivity index (χ0n) is 10.9. The highest BCUT2D eigenvalue weighted by molar-refractivity contribution is 5.91. The molecule has 0 bridgehead atoms. The number of benzene rings is 1. The van der Waals surface area contributed by atoms with Gasteiger partial charge in [0.1, 0.15) is 6.10 Å². The van der Waals surface area contributed by atoms with Crippen LogP contribution in [0.3, 0.4) is 0 Å². The van der Waals surface area contributed by atoms with Gasteiger partial charge in [0.2, 0.25) is 5.91 Å². The fraction of sp³-hybridized carbons (Fsp3) is 0.500. The third-order valence-corrected chi connectivity index (χ3v) is 3.02. The zero-order valence-corrected chi connectivity index (χ0v) is 10.9. The molecule has 2 rings (SSSR count). The quantitative estimate of drug-likeness (QED) is 0.728. The monoisotopic (exact) mass is 264 g/mol. The average Bonchev–Trinajstić information content (AvgIpc) is 2.37. The van der Waals surface area contributed by atoms with E-state index in [-0.39, 0.29) is 12.0 Å². The van der Waals surface area contributed by atoms with Gasteiger partial charge in [0.05, 0.1) is 13.2 Å². The minimum Gasteiger partial charge on any atom is -0.376 e. The lowest BCUT2D eigenvalue weighted by Gasteiger charge is -2.25. The maximum atomic E-state index is 11.8. The van der Waals surface area contributed by atoms with Crippen LogP contribution in [0.1, 0.15) is 18.4 Å². The van der Waals surface area contributed by atoms with Gasteiger partial charge < -0.3 is 20.5 Å². The number of nitrogens with one attached hydrogen (secondary N) is 1. The van der Waals surface area contributed by atoms with Crippen LogP contribution in [-0.2, 0) is 20.8 Å². The molecule has 1 saturated heterocycles. The Balaban J connectivity index is 1.68. The van der Waals surface area contributed by atoms with E-state index >= 15 is 0 Å². The fourth-order valence-electron chi connectivity index (χ4n) is 1.83. The van der Waals surface area contributed by atoms with Crippen LogP contribution < -0.4 is 11.1 Å². The van der Waals surface area contributed by atoms with Crippen molar-refractivity contribution >= 4 is 11.6 Å². The Morgan fingerprint density at radius 3 is 2.89 bits per heavy atom. The highest BCUT2D eigenvalue weighted by Gasteiger charge is 2.18. The van der Waals surface area contributed by atoms with Crippen LogP contribution in [0.25, 0.3) is 0 Å². The first-order valence-corrected chi connectivity index (χ1v) is 6.57. The van der Waals surface area contributed by atoms with E-state index in [0.29, 0.717) is 39.2 Å². The molecule has 1 amide bonds. The van der Waals surface area contributed by atoms with Crippen LogP contribution in [-0.4, -0.2) is 31.8 Å². The molecule has 0 radical (unpaired) electrons. The van der Waals surface area contributed by atoms with E-state index in [2.05, 4.69) is 5.32 Å². The predicted molar refractivity (Wildman–Crippen MR) is 72.8 cm³/mol. The number of amides is 1. The van der Waals surface area contributed by atoms with E-state index in [9.17, 15) is 4.79 Å². The molecule has 0 aliphatic carbocycles. The minimum atomic E-state index is -0.00522. The second-order valence-corrected chi connectivity index (χ2v) is 4.54. The zero-order chi connectivity index (χ0) is 13.5. The first-order valence-electron chi connectivity index (χ1n) is 6.57. The summed E-state index contributed by atoms with van der Waals surface area (Å²) in [6, 6.07) is 7.57. The molecule has 3 N–H and O–H groups in total. The second kappa shape index (κ2) is 7.23. The topological polar surface area (TPSA) is 73.6 Å². The second-order valence-electron chi connectivity index (χ2n) is 4.54. The molecule has 1 aliphatic heterocycles. The van der Waals surface area contributed by atoms with E-state index in [1.54, 1.807) is 0 Å². The van der Waals surface area contributed by atoms with Crippen molar-refractivity contribution in [1.29, 1.82) is 0 Å². The standard InChI is InChI=1S/C14H20N2O3/c15-8-11-4-1-2-5-13(11)16-14(17)6-3-7-19-12-9-18-10-12/h1-2,4-5,12H,3,6-10,15H2,(H,16,17). The third-order valence-electron chi connectivity index (χ3n) is 3.02. The lowest BCUT2D eigenvalue weighted by atomic mass is 10.1. The Morgan fingerprint density at radius 1 is 1.42 bits per heavy atom. The minimum absolute atomic E-state index is 0.00522. The molecule has 5 heteroatoms. The van der Waals surface area contributed by atoms with Gasteiger partial charge in [-0.3, -0.25) is 4.79 Å². The molecule has 1 aromatic carbocycles. The number of nitrogens with two attached hydrogens (primary N) is 1.